The van der Waals surface area contributed by atoms with Gasteiger partial charge in [-0.15, -0.1) is 0 Å². The third kappa shape index (κ3) is 3.57. The molecule has 0 aliphatic carbocycles. The van der Waals surface area contributed by atoms with Crippen molar-refractivity contribution >= 4 is 0 Å². The Bertz CT molecular complexity index is 551. The maximum atomic E-state index is 13.4. The van der Waals surface area contributed by atoms with Crippen molar-refractivity contribution in [3.8, 4) is 0 Å². The molecule has 0 saturated heterocycles. The molecule has 0 fully saturated rings. The first kappa shape index (κ1) is 14.5. The van der Waals surface area contributed by atoms with E-state index in [1.165, 1.54) is 30.3 Å². The van der Waals surface area contributed by atoms with Crippen molar-refractivity contribution in [3.63, 3.8) is 0 Å². The number of hydrogen-bond donors (Lipinski definition) is 1. The first-order valence-corrected chi connectivity index (χ1v) is 6.07. The molecule has 2 rings (SSSR count). The van der Waals surface area contributed by atoms with Crippen molar-refractivity contribution < 1.29 is 17.6 Å². The van der Waals surface area contributed by atoms with Gasteiger partial charge in [0, 0.05) is 12.1 Å². The van der Waals surface area contributed by atoms with Crippen LogP contribution in [0.1, 0.15) is 17.2 Å². The summed E-state index contributed by atoms with van der Waals surface area (Å²) < 4.78 is 52.6. The quantitative estimate of drug-likeness (QED) is 0.828. The van der Waals surface area contributed by atoms with Gasteiger partial charge in [0.1, 0.15) is 11.9 Å². The van der Waals surface area contributed by atoms with Crippen molar-refractivity contribution in [2.75, 3.05) is 0 Å². The van der Waals surface area contributed by atoms with Crippen molar-refractivity contribution in [2.24, 2.45) is 0 Å². The molecule has 0 heterocycles. The SMILES string of the molecule is Fc1ccccc1CNC(c1ccccc1)C(F)(F)F. The Hall–Kier alpha value is -1.88. The second-order valence-electron chi connectivity index (χ2n) is 4.36. The second kappa shape index (κ2) is 6.05. The highest BCUT2D eigenvalue weighted by Gasteiger charge is 2.40. The summed E-state index contributed by atoms with van der Waals surface area (Å²) >= 11 is 0. The van der Waals surface area contributed by atoms with Crippen molar-refractivity contribution in [1.29, 1.82) is 0 Å². The van der Waals surface area contributed by atoms with E-state index in [4.69, 9.17) is 0 Å². The largest absolute Gasteiger partial charge is 0.407 e. The van der Waals surface area contributed by atoms with Crippen LogP contribution in [0, 0.1) is 5.82 Å². The lowest BCUT2D eigenvalue weighted by Crippen LogP contribution is -2.34. The molecular weight excluding hydrogens is 270 g/mol. The number of alkyl halides is 3. The second-order valence-corrected chi connectivity index (χ2v) is 4.36. The van der Waals surface area contributed by atoms with Gasteiger partial charge in [-0.3, -0.25) is 5.32 Å². The number of hydrogen-bond acceptors (Lipinski definition) is 1. The van der Waals surface area contributed by atoms with Crippen LogP contribution in [0.3, 0.4) is 0 Å². The van der Waals surface area contributed by atoms with Gasteiger partial charge in [0.15, 0.2) is 0 Å². The van der Waals surface area contributed by atoms with Crippen molar-refractivity contribution in [3.05, 3.63) is 71.5 Å². The zero-order valence-corrected chi connectivity index (χ0v) is 10.5. The Morgan fingerprint density at radius 1 is 0.900 bits per heavy atom. The van der Waals surface area contributed by atoms with Gasteiger partial charge in [-0.05, 0) is 11.6 Å². The van der Waals surface area contributed by atoms with Crippen LogP contribution in [0.25, 0.3) is 0 Å². The Morgan fingerprint density at radius 3 is 2.10 bits per heavy atom. The van der Waals surface area contributed by atoms with Gasteiger partial charge in [-0.1, -0.05) is 48.5 Å². The molecule has 1 atom stereocenters. The molecule has 1 nitrogen and oxygen atoms in total. The molecular formula is C15H13F4N. The highest BCUT2D eigenvalue weighted by atomic mass is 19.4. The van der Waals surface area contributed by atoms with Crippen LogP contribution in [0.2, 0.25) is 0 Å². The first-order chi connectivity index (χ1) is 9.48. The van der Waals surface area contributed by atoms with Gasteiger partial charge < -0.3 is 0 Å². The van der Waals surface area contributed by atoms with E-state index in [0.29, 0.717) is 0 Å². The van der Waals surface area contributed by atoms with Crippen LogP contribution in [0.15, 0.2) is 54.6 Å². The fourth-order valence-corrected chi connectivity index (χ4v) is 1.92. The maximum absolute atomic E-state index is 13.4. The van der Waals surface area contributed by atoms with Gasteiger partial charge >= 0.3 is 6.18 Å². The summed E-state index contributed by atoms with van der Waals surface area (Å²) in [5.74, 6) is -0.519. The first-order valence-electron chi connectivity index (χ1n) is 6.07. The molecule has 5 heteroatoms. The molecule has 0 aromatic heterocycles. The lowest BCUT2D eigenvalue weighted by atomic mass is 10.1. The van der Waals surface area contributed by atoms with Crippen LogP contribution in [0.4, 0.5) is 17.6 Å². The normalized spacial score (nSPS) is 13.2. The summed E-state index contributed by atoms with van der Waals surface area (Å²) in [7, 11) is 0. The van der Waals surface area contributed by atoms with Crippen LogP contribution in [-0.4, -0.2) is 6.18 Å². The van der Waals surface area contributed by atoms with E-state index in [1.54, 1.807) is 24.3 Å². The van der Waals surface area contributed by atoms with E-state index < -0.39 is 18.0 Å². The number of halogens is 4. The zero-order valence-electron chi connectivity index (χ0n) is 10.5. The summed E-state index contributed by atoms with van der Waals surface area (Å²) in [5.41, 5.74) is 0.314. The predicted octanol–water partition coefficient (Wildman–Crippen LogP) is 4.22. The van der Waals surface area contributed by atoms with E-state index in [0.717, 1.165) is 0 Å². The Balaban J connectivity index is 2.16. The molecule has 0 aliphatic heterocycles. The molecule has 20 heavy (non-hydrogen) atoms. The number of nitrogens with one attached hydrogen (secondary N) is 1. The third-order valence-electron chi connectivity index (χ3n) is 2.91. The molecule has 0 saturated carbocycles. The van der Waals surface area contributed by atoms with Crippen LogP contribution in [-0.2, 0) is 6.54 Å². The monoisotopic (exact) mass is 283 g/mol. The predicted molar refractivity (Wildman–Crippen MR) is 68.5 cm³/mol. The van der Waals surface area contributed by atoms with E-state index >= 15 is 0 Å². The molecule has 0 aliphatic rings. The standard InChI is InChI=1S/C15H13F4N/c16-13-9-5-4-8-12(13)10-20-14(15(17,18)19)11-6-2-1-3-7-11/h1-9,14,20H,10H2. The molecule has 106 valence electrons. The summed E-state index contributed by atoms with van der Waals surface area (Å²) in [4.78, 5) is 0. The van der Waals surface area contributed by atoms with E-state index in [9.17, 15) is 17.6 Å². The average Bonchev–Trinajstić information content (AvgIpc) is 2.41. The smallest absolute Gasteiger partial charge is 0.298 e. The number of rotatable bonds is 4. The van der Waals surface area contributed by atoms with Crippen LogP contribution >= 0.6 is 0 Å². The van der Waals surface area contributed by atoms with E-state index in [2.05, 4.69) is 5.32 Å². The Labute approximate surface area is 114 Å². The molecule has 2 aromatic rings. The summed E-state index contributed by atoms with van der Waals surface area (Å²) in [6.07, 6.45) is -4.44. The molecule has 2 aromatic carbocycles. The van der Waals surface area contributed by atoms with Gasteiger partial charge in [0.2, 0.25) is 0 Å². The minimum absolute atomic E-state index is 0.108. The summed E-state index contributed by atoms with van der Waals surface area (Å²) in [6, 6.07) is 11.5. The highest BCUT2D eigenvalue weighted by molar-refractivity contribution is 5.22. The van der Waals surface area contributed by atoms with Crippen molar-refractivity contribution in [1.82, 2.24) is 5.32 Å². The fraction of sp³-hybridized carbons (Fsp3) is 0.200. The molecule has 0 amide bonds. The third-order valence-corrected chi connectivity index (χ3v) is 2.91. The zero-order chi connectivity index (χ0) is 14.6. The summed E-state index contributed by atoms with van der Waals surface area (Å²) in [5, 5.41) is 2.37. The minimum atomic E-state index is -4.44. The van der Waals surface area contributed by atoms with E-state index in [1.807, 2.05) is 0 Å². The van der Waals surface area contributed by atoms with Gasteiger partial charge in [-0.2, -0.15) is 13.2 Å². The Kier molecular flexibility index (Phi) is 4.39. The number of benzene rings is 2. The fourth-order valence-electron chi connectivity index (χ4n) is 1.92. The average molecular weight is 283 g/mol. The molecule has 0 radical (unpaired) electrons. The molecule has 1 N–H and O–H groups in total. The Morgan fingerprint density at radius 2 is 1.50 bits per heavy atom. The van der Waals surface area contributed by atoms with Gasteiger partial charge in [0.05, 0.1) is 0 Å². The van der Waals surface area contributed by atoms with E-state index in [-0.39, 0.29) is 17.7 Å². The minimum Gasteiger partial charge on any atom is -0.298 e. The lowest BCUT2D eigenvalue weighted by molar-refractivity contribution is -0.158. The van der Waals surface area contributed by atoms with Crippen LogP contribution < -0.4 is 5.32 Å². The highest BCUT2D eigenvalue weighted by Crippen LogP contribution is 2.32. The van der Waals surface area contributed by atoms with Gasteiger partial charge in [0.25, 0.3) is 0 Å². The molecule has 1 unspecified atom stereocenters. The lowest BCUT2D eigenvalue weighted by Gasteiger charge is -2.22. The molecule has 0 spiro atoms. The maximum Gasteiger partial charge on any atom is 0.407 e. The topological polar surface area (TPSA) is 12.0 Å². The summed E-state index contributed by atoms with van der Waals surface area (Å²) in [6.45, 7) is -0.189. The van der Waals surface area contributed by atoms with Crippen molar-refractivity contribution in [2.45, 2.75) is 18.8 Å². The van der Waals surface area contributed by atoms with Gasteiger partial charge in [-0.25, -0.2) is 4.39 Å². The van der Waals surface area contributed by atoms with Crippen LogP contribution in [0.5, 0.6) is 0 Å². The molecule has 0 bridgehead atoms.